The summed E-state index contributed by atoms with van der Waals surface area (Å²) < 4.78 is 19.8. The van der Waals surface area contributed by atoms with E-state index in [4.69, 9.17) is 4.74 Å². The summed E-state index contributed by atoms with van der Waals surface area (Å²) in [5, 5.41) is 17.7. The summed E-state index contributed by atoms with van der Waals surface area (Å²) in [5.74, 6) is -0.556. The highest BCUT2D eigenvalue weighted by atomic mass is 19.1. The predicted molar refractivity (Wildman–Crippen MR) is 120 cm³/mol. The Hall–Kier alpha value is -4.05. The molecule has 32 heavy (non-hydrogen) atoms. The highest BCUT2D eigenvalue weighted by molar-refractivity contribution is 5.99. The zero-order valence-corrected chi connectivity index (χ0v) is 17.6. The van der Waals surface area contributed by atoms with Crippen LogP contribution in [0.3, 0.4) is 0 Å². The molecule has 2 aromatic heterocycles. The number of amides is 1. The number of benzene rings is 1. The summed E-state index contributed by atoms with van der Waals surface area (Å²) in [6.45, 7) is 6.73. The van der Waals surface area contributed by atoms with Crippen LogP contribution in [-0.2, 0) is 4.79 Å². The highest BCUT2D eigenvalue weighted by Crippen LogP contribution is 2.23. The van der Waals surface area contributed by atoms with Crippen LogP contribution in [-0.4, -0.2) is 38.2 Å². The van der Waals surface area contributed by atoms with E-state index in [1.165, 1.54) is 6.20 Å². The molecule has 0 unspecified atom stereocenters. The van der Waals surface area contributed by atoms with E-state index < -0.39 is 11.4 Å². The van der Waals surface area contributed by atoms with Gasteiger partial charge < -0.3 is 25.8 Å². The minimum atomic E-state index is -0.756. The average molecular weight is 438 g/mol. The number of aliphatic hydroxyl groups is 1. The van der Waals surface area contributed by atoms with Crippen LogP contribution in [0, 0.1) is 5.82 Å². The average Bonchev–Trinajstić information content (AvgIpc) is 2.77. The van der Waals surface area contributed by atoms with Crippen molar-refractivity contribution in [2.75, 3.05) is 22.6 Å². The molecule has 0 aliphatic carbocycles. The van der Waals surface area contributed by atoms with Crippen LogP contribution in [0.4, 0.5) is 33.2 Å². The number of pyridine rings is 1. The smallest absolute Gasteiger partial charge is 0.247 e. The quantitative estimate of drug-likeness (QED) is 0.373. The lowest BCUT2D eigenvalue weighted by molar-refractivity contribution is -0.111. The fourth-order valence-corrected chi connectivity index (χ4v) is 2.48. The number of ether oxygens (including phenoxy) is 1. The van der Waals surface area contributed by atoms with Crippen LogP contribution in [0.15, 0.2) is 61.4 Å². The summed E-state index contributed by atoms with van der Waals surface area (Å²) in [6.07, 6.45) is 3.70. The molecule has 0 spiro atoms. The summed E-state index contributed by atoms with van der Waals surface area (Å²) in [4.78, 5) is 23.7. The zero-order valence-electron chi connectivity index (χ0n) is 17.6. The van der Waals surface area contributed by atoms with E-state index in [0.29, 0.717) is 22.9 Å². The molecule has 0 atom stereocenters. The molecule has 10 heteroatoms. The van der Waals surface area contributed by atoms with Crippen molar-refractivity contribution in [3.05, 3.63) is 67.3 Å². The Labute approximate surface area is 184 Å². The van der Waals surface area contributed by atoms with Gasteiger partial charge in [0.05, 0.1) is 24.7 Å². The predicted octanol–water partition coefficient (Wildman–Crippen LogP) is 3.77. The second-order valence-corrected chi connectivity index (χ2v) is 7.32. The maximum atomic E-state index is 14.3. The van der Waals surface area contributed by atoms with Crippen LogP contribution < -0.4 is 20.7 Å². The lowest BCUT2D eigenvalue weighted by Gasteiger charge is -2.22. The first kappa shape index (κ1) is 22.6. The molecule has 166 valence electrons. The monoisotopic (exact) mass is 438 g/mol. The minimum absolute atomic E-state index is 0.0488. The van der Waals surface area contributed by atoms with Crippen molar-refractivity contribution < 1.29 is 19.0 Å². The highest BCUT2D eigenvalue weighted by Gasteiger charge is 2.18. The summed E-state index contributed by atoms with van der Waals surface area (Å²) in [5.41, 5.74) is 0.843. The number of nitrogens with zero attached hydrogens (tertiary/aromatic N) is 3. The molecule has 9 nitrogen and oxygen atoms in total. The van der Waals surface area contributed by atoms with Gasteiger partial charge in [-0.3, -0.25) is 4.79 Å². The van der Waals surface area contributed by atoms with Gasteiger partial charge in [0, 0.05) is 17.4 Å². The van der Waals surface area contributed by atoms with Crippen LogP contribution in [0.2, 0.25) is 0 Å². The van der Waals surface area contributed by atoms with Crippen LogP contribution in [0.1, 0.15) is 13.8 Å². The summed E-state index contributed by atoms with van der Waals surface area (Å²) in [6, 6.07) is 10.1. The maximum absolute atomic E-state index is 14.3. The summed E-state index contributed by atoms with van der Waals surface area (Å²) in [7, 11) is 0. The van der Waals surface area contributed by atoms with Gasteiger partial charge in [0.1, 0.15) is 5.60 Å². The van der Waals surface area contributed by atoms with Crippen LogP contribution in [0.25, 0.3) is 0 Å². The molecule has 3 aromatic rings. The normalized spacial score (nSPS) is 10.9. The number of hydrogen-bond donors (Lipinski definition) is 4. The third-order valence-corrected chi connectivity index (χ3v) is 4.08. The fourth-order valence-electron chi connectivity index (χ4n) is 2.48. The SMILES string of the molecule is C=CC(=O)Nc1cccc(Nc2nc(Nc3ccc(OC(C)(C)CO)nc3)ncc2F)c1. The van der Waals surface area contributed by atoms with E-state index in [1.54, 1.807) is 50.2 Å². The van der Waals surface area contributed by atoms with E-state index in [2.05, 4.69) is 37.5 Å². The van der Waals surface area contributed by atoms with Crippen molar-refractivity contribution in [1.29, 1.82) is 0 Å². The number of anilines is 5. The molecule has 0 saturated carbocycles. The van der Waals surface area contributed by atoms with Gasteiger partial charge in [-0.25, -0.2) is 14.4 Å². The molecule has 0 radical (unpaired) electrons. The van der Waals surface area contributed by atoms with Crippen molar-refractivity contribution in [1.82, 2.24) is 15.0 Å². The molecule has 1 amide bonds. The van der Waals surface area contributed by atoms with Gasteiger partial charge in [0.25, 0.3) is 0 Å². The van der Waals surface area contributed by atoms with Gasteiger partial charge in [0.15, 0.2) is 11.6 Å². The van der Waals surface area contributed by atoms with Crippen molar-refractivity contribution in [2.24, 2.45) is 0 Å². The lowest BCUT2D eigenvalue weighted by atomic mass is 10.1. The standard InChI is InChI=1S/C22H23FN6O3/c1-4-18(31)26-14-6-5-7-15(10-14)27-20-17(23)12-25-21(29-20)28-16-8-9-19(24-11-16)32-22(2,3)13-30/h4-12,30H,1,13H2,2-3H3,(H,26,31)(H2,25,27,28,29). The topological polar surface area (TPSA) is 121 Å². The van der Waals surface area contributed by atoms with Gasteiger partial charge in [-0.2, -0.15) is 4.98 Å². The molecule has 2 heterocycles. The number of carbonyl (C=O) groups is 1. The van der Waals surface area contributed by atoms with Crippen LogP contribution >= 0.6 is 0 Å². The number of halogens is 1. The summed E-state index contributed by atoms with van der Waals surface area (Å²) >= 11 is 0. The molecule has 0 fully saturated rings. The Balaban J connectivity index is 1.72. The van der Waals surface area contributed by atoms with Crippen molar-refractivity contribution >= 4 is 34.7 Å². The molecule has 0 bridgehead atoms. The van der Waals surface area contributed by atoms with E-state index >= 15 is 0 Å². The third kappa shape index (κ3) is 6.22. The molecule has 1 aromatic carbocycles. The minimum Gasteiger partial charge on any atom is -0.469 e. The molecular weight excluding hydrogens is 415 g/mol. The van der Waals surface area contributed by atoms with Gasteiger partial charge in [-0.15, -0.1) is 0 Å². The van der Waals surface area contributed by atoms with E-state index in [0.717, 1.165) is 12.3 Å². The number of aliphatic hydroxyl groups excluding tert-OH is 1. The maximum Gasteiger partial charge on any atom is 0.247 e. The largest absolute Gasteiger partial charge is 0.469 e. The molecule has 0 aliphatic heterocycles. The van der Waals surface area contributed by atoms with E-state index in [9.17, 15) is 14.3 Å². The molecular formula is C22H23FN6O3. The van der Waals surface area contributed by atoms with Gasteiger partial charge in [-0.05, 0) is 44.2 Å². The van der Waals surface area contributed by atoms with Crippen molar-refractivity contribution in [3.8, 4) is 5.88 Å². The Morgan fingerprint density at radius 2 is 1.94 bits per heavy atom. The Bertz CT molecular complexity index is 1110. The number of aromatic nitrogens is 3. The number of nitrogens with one attached hydrogen (secondary N) is 3. The second kappa shape index (κ2) is 9.84. The first-order chi connectivity index (χ1) is 15.3. The Kier molecular flexibility index (Phi) is 6.96. The number of hydrogen-bond acceptors (Lipinski definition) is 8. The fraction of sp³-hybridized carbons (Fsp3) is 0.182. The Morgan fingerprint density at radius 1 is 1.16 bits per heavy atom. The van der Waals surface area contributed by atoms with Gasteiger partial charge in [0.2, 0.25) is 17.7 Å². The number of rotatable bonds is 9. The lowest BCUT2D eigenvalue weighted by Crippen LogP contribution is -2.32. The molecule has 4 N–H and O–H groups in total. The number of carbonyl (C=O) groups excluding carboxylic acids is 1. The van der Waals surface area contributed by atoms with Crippen molar-refractivity contribution in [2.45, 2.75) is 19.4 Å². The van der Waals surface area contributed by atoms with E-state index in [1.807, 2.05) is 0 Å². The molecule has 0 saturated heterocycles. The first-order valence-electron chi connectivity index (χ1n) is 9.64. The van der Waals surface area contributed by atoms with Crippen LogP contribution in [0.5, 0.6) is 5.88 Å². The van der Waals surface area contributed by atoms with Gasteiger partial charge in [-0.1, -0.05) is 12.6 Å². The molecule has 3 rings (SSSR count). The molecule has 0 aliphatic rings. The van der Waals surface area contributed by atoms with Gasteiger partial charge >= 0.3 is 0 Å². The second-order valence-electron chi connectivity index (χ2n) is 7.32. The Morgan fingerprint density at radius 3 is 2.62 bits per heavy atom. The third-order valence-electron chi connectivity index (χ3n) is 4.08. The zero-order chi connectivity index (χ0) is 23.1. The first-order valence-corrected chi connectivity index (χ1v) is 9.64. The van der Waals surface area contributed by atoms with Crippen molar-refractivity contribution in [3.63, 3.8) is 0 Å². The van der Waals surface area contributed by atoms with E-state index in [-0.39, 0.29) is 24.3 Å².